The highest BCUT2D eigenvalue weighted by molar-refractivity contribution is 6.11. The number of rotatable bonds is 6. The van der Waals surface area contributed by atoms with E-state index in [2.05, 4.69) is 10.6 Å². The van der Waals surface area contributed by atoms with E-state index in [0.29, 0.717) is 30.1 Å². The van der Waals surface area contributed by atoms with Crippen molar-refractivity contribution in [3.63, 3.8) is 0 Å². The molecule has 1 heterocycles. The van der Waals surface area contributed by atoms with E-state index in [-0.39, 0.29) is 17.8 Å². The summed E-state index contributed by atoms with van der Waals surface area (Å²) in [5.74, 6) is -0.481. The van der Waals surface area contributed by atoms with Crippen LogP contribution in [0.1, 0.15) is 45.7 Å². The first-order valence-corrected chi connectivity index (χ1v) is 11.7. The molecule has 0 saturated carbocycles. The summed E-state index contributed by atoms with van der Waals surface area (Å²) in [6.07, 6.45) is 0.550. The maximum absolute atomic E-state index is 13.8. The van der Waals surface area contributed by atoms with Gasteiger partial charge in [0.2, 0.25) is 0 Å². The highest BCUT2D eigenvalue weighted by atomic mass is 16.5. The molecule has 1 aliphatic carbocycles. The second-order valence-corrected chi connectivity index (χ2v) is 8.99. The zero-order chi connectivity index (χ0) is 24.4. The number of fused-ring (bicyclic) bond motifs is 1. The van der Waals surface area contributed by atoms with Crippen LogP contribution in [0.3, 0.4) is 0 Å². The number of ether oxygens (including phenoxy) is 3. The second-order valence-electron chi connectivity index (χ2n) is 8.99. The Balaban J connectivity index is 1.85. The van der Waals surface area contributed by atoms with Gasteiger partial charge in [0.15, 0.2) is 17.3 Å². The maximum Gasteiger partial charge on any atom is 0.316 e. The summed E-state index contributed by atoms with van der Waals surface area (Å²) in [5.41, 5.74) is 3.97. The van der Waals surface area contributed by atoms with Crippen LogP contribution in [-0.2, 0) is 14.3 Å². The van der Waals surface area contributed by atoms with Crippen LogP contribution in [0.25, 0.3) is 0 Å². The zero-order valence-corrected chi connectivity index (χ0v) is 20.3. The molecule has 0 aromatic heterocycles. The summed E-state index contributed by atoms with van der Waals surface area (Å²) in [6.45, 7) is 8.24. The van der Waals surface area contributed by atoms with Crippen LogP contribution in [0.4, 0.5) is 11.4 Å². The van der Waals surface area contributed by atoms with Crippen molar-refractivity contribution in [1.82, 2.24) is 0 Å². The Kier molecular flexibility index (Phi) is 6.82. The number of hydrogen-bond donors (Lipinski definition) is 2. The monoisotopic (exact) mass is 464 g/mol. The number of benzene rings is 2. The number of ketones is 1. The third-order valence-electron chi connectivity index (χ3n) is 6.19. The first kappa shape index (κ1) is 23.7. The van der Waals surface area contributed by atoms with Gasteiger partial charge >= 0.3 is 5.97 Å². The number of allylic oxidation sites excluding steroid dienone is 1. The van der Waals surface area contributed by atoms with Gasteiger partial charge < -0.3 is 24.8 Å². The highest BCUT2D eigenvalue weighted by Crippen LogP contribution is 2.45. The summed E-state index contributed by atoms with van der Waals surface area (Å²) in [6, 6.07) is 13.1. The molecule has 4 rings (SSSR count). The molecular formula is C27H32N2O5. The van der Waals surface area contributed by atoms with Gasteiger partial charge in [0.05, 0.1) is 37.2 Å². The lowest BCUT2D eigenvalue weighted by Gasteiger charge is -2.32. The number of esters is 1. The third kappa shape index (κ3) is 4.47. The first-order chi connectivity index (χ1) is 16.3. The molecule has 0 spiro atoms. The molecule has 0 amide bonds. The number of carbonyl (C=O) groups is 2. The van der Waals surface area contributed by atoms with Crippen LogP contribution in [0.2, 0.25) is 0 Å². The lowest BCUT2D eigenvalue weighted by Crippen LogP contribution is -2.39. The molecule has 2 aromatic carbocycles. The molecule has 0 bridgehead atoms. The van der Waals surface area contributed by atoms with Gasteiger partial charge in [-0.1, -0.05) is 25.1 Å². The molecule has 0 unspecified atom stereocenters. The lowest BCUT2D eigenvalue weighted by atomic mass is 9.75. The molecular weight excluding hydrogens is 432 g/mol. The summed E-state index contributed by atoms with van der Waals surface area (Å²) < 4.78 is 16.8. The van der Waals surface area contributed by atoms with E-state index in [1.54, 1.807) is 0 Å². The average molecular weight is 465 g/mol. The minimum Gasteiger partial charge on any atom is -0.490 e. The Hall–Kier alpha value is -3.48. The number of para-hydroxylation sites is 2. The lowest BCUT2D eigenvalue weighted by molar-refractivity contribution is -0.151. The molecule has 7 nitrogen and oxygen atoms in total. The molecule has 1 aliphatic heterocycles. The van der Waals surface area contributed by atoms with Crippen molar-refractivity contribution >= 4 is 23.1 Å². The van der Waals surface area contributed by atoms with Crippen molar-refractivity contribution in [2.24, 2.45) is 11.8 Å². The average Bonchev–Trinajstić information content (AvgIpc) is 2.96. The molecule has 3 atom stereocenters. The number of methoxy groups -OCH3 is 1. The van der Waals surface area contributed by atoms with E-state index < -0.39 is 17.9 Å². The topological polar surface area (TPSA) is 85.9 Å². The SMILES string of the molecule is CCOc1cc([C@@H]2Nc3ccccc3NC3=C2C(=O)[C@H](C(=O)OC)[C@H](C)C3)ccc1OC(C)C. The van der Waals surface area contributed by atoms with Crippen LogP contribution in [0.5, 0.6) is 11.5 Å². The van der Waals surface area contributed by atoms with E-state index in [9.17, 15) is 9.59 Å². The standard InChI is InChI=1S/C27H32N2O5/c1-6-33-22-14-17(11-12-21(22)34-15(2)3)25-24-20(28-18-9-7-8-10-19(18)29-25)13-16(4)23(26(24)30)27(31)32-5/h7-12,14-16,23,25,28-29H,6,13H2,1-5H3/t16-,23-,25+/m1/s1. The van der Waals surface area contributed by atoms with Crippen LogP contribution in [-0.4, -0.2) is 31.6 Å². The second kappa shape index (κ2) is 9.79. The minimum atomic E-state index is -0.842. The van der Waals surface area contributed by atoms with Gasteiger partial charge in [-0.05, 0) is 62.9 Å². The molecule has 0 fully saturated rings. The molecule has 2 aliphatic rings. The van der Waals surface area contributed by atoms with Crippen molar-refractivity contribution in [2.75, 3.05) is 24.4 Å². The maximum atomic E-state index is 13.8. The molecule has 7 heteroatoms. The van der Waals surface area contributed by atoms with Crippen LogP contribution >= 0.6 is 0 Å². The highest BCUT2D eigenvalue weighted by Gasteiger charge is 2.44. The fourth-order valence-corrected chi connectivity index (χ4v) is 4.71. The predicted molar refractivity (Wildman–Crippen MR) is 131 cm³/mol. The molecule has 180 valence electrons. The van der Waals surface area contributed by atoms with Crippen molar-refractivity contribution < 1.29 is 23.8 Å². The van der Waals surface area contributed by atoms with Crippen molar-refractivity contribution in [2.45, 2.75) is 46.3 Å². The van der Waals surface area contributed by atoms with Crippen molar-refractivity contribution in [1.29, 1.82) is 0 Å². The van der Waals surface area contributed by atoms with Crippen LogP contribution < -0.4 is 20.1 Å². The molecule has 0 radical (unpaired) electrons. The predicted octanol–water partition coefficient (Wildman–Crippen LogP) is 5.10. The molecule has 2 aromatic rings. The van der Waals surface area contributed by atoms with Gasteiger partial charge in [0.1, 0.15) is 5.92 Å². The normalized spacial score (nSPS) is 21.6. The fourth-order valence-electron chi connectivity index (χ4n) is 4.71. The van der Waals surface area contributed by atoms with Crippen LogP contribution in [0.15, 0.2) is 53.7 Å². The van der Waals surface area contributed by atoms with Gasteiger partial charge in [-0.15, -0.1) is 0 Å². The van der Waals surface area contributed by atoms with Gasteiger partial charge in [-0.2, -0.15) is 0 Å². The summed E-state index contributed by atoms with van der Waals surface area (Å²) in [7, 11) is 1.32. The summed E-state index contributed by atoms with van der Waals surface area (Å²) in [5, 5.41) is 7.00. The number of carbonyl (C=O) groups excluding carboxylic acids is 2. The number of nitrogens with one attached hydrogen (secondary N) is 2. The quantitative estimate of drug-likeness (QED) is 0.454. The largest absolute Gasteiger partial charge is 0.490 e. The number of anilines is 2. The summed E-state index contributed by atoms with van der Waals surface area (Å²) in [4.78, 5) is 26.3. The first-order valence-electron chi connectivity index (χ1n) is 11.7. The van der Waals surface area contributed by atoms with Gasteiger partial charge in [0.25, 0.3) is 0 Å². The molecule has 0 saturated heterocycles. The Morgan fingerprint density at radius 2 is 1.85 bits per heavy atom. The fraction of sp³-hybridized carbons (Fsp3) is 0.407. The van der Waals surface area contributed by atoms with Gasteiger partial charge in [-0.25, -0.2) is 0 Å². The number of hydrogen-bond acceptors (Lipinski definition) is 7. The van der Waals surface area contributed by atoms with E-state index in [4.69, 9.17) is 14.2 Å². The van der Waals surface area contributed by atoms with Crippen molar-refractivity contribution in [3.8, 4) is 11.5 Å². The van der Waals surface area contributed by atoms with Gasteiger partial charge in [0, 0.05) is 11.3 Å². The van der Waals surface area contributed by atoms with Crippen LogP contribution in [0, 0.1) is 11.8 Å². The Bertz CT molecular complexity index is 1120. The van der Waals surface area contributed by atoms with E-state index >= 15 is 0 Å². The van der Waals surface area contributed by atoms with E-state index in [1.807, 2.05) is 70.2 Å². The minimum absolute atomic E-state index is 0.00586. The molecule has 2 N–H and O–H groups in total. The Morgan fingerprint density at radius 1 is 1.12 bits per heavy atom. The third-order valence-corrected chi connectivity index (χ3v) is 6.19. The molecule has 34 heavy (non-hydrogen) atoms. The Labute approximate surface area is 200 Å². The summed E-state index contributed by atoms with van der Waals surface area (Å²) >= 11 is 0. The van der Waals surface area contributed by atoms with Gasteiger partial charge in [-0.3, -0.25) is 9.59 Å². The number of Topliss-reactive ketones (excluding diaryl/α,β-unsaturated/α-hetero) is 1. The van der Waals surface area contributed by atoms with Crippen molar-refractivity contribution in [3.05, 3.63) is 59.3 Å². The zero-order valence-electron chi connectivity index (χ0n) is 20.3. The Morgan fingerprint density at radius 3 is 2.53 bits per heavy atom. The van der Waals surface area contributed by atoms with E-state index in [0.717, 1.165) is 22.6 Å². The smallest absolute Gasteiger partial charge is 0.316 e. The van der Waals surface area contributed by atoms with E-state index in [1.165, 1.54) is 7.11 Å².